The second-order valence-electron chi connectivity index (χ2n) is 8.07. The average Bonchev–Trinajstić information content (AvgIpc) is 3.25. The van der Waals surface area contributed by atoms with Crippen LogP contribution in [0, 0.1) is 0 Å². The van der Waals surface area contributed by atoms with E-state index in [1.165, 1.54) is 6.07 Å². The molecule has 1 aromatic heterocycles. The number of carbonyl (C=O) groups is 1. The Labute approximate surface area is 193 Å². The van der Waals surface area contributed by atoms with Crippen molar-refractivity contribution in [3.63, 3.8) is 0 Å². The summed E-state index contributed by atoms with van der Waals surface area (Å²) in [5.41, 5.74) is 1.98. The van der Waals surface area contributed by atoms with E-state index in [1.807, 2.05) is 19.0 Å². The number of hydrogen-bond acceptors (Lipinski definition) is 8. The molecule has 2 N–H and O–H groups in total. The van der Waals surface area contributed by atoms with Gasteiger partial charge < -0.3 is 24.7 Å². The summed E-state index contributed by atoms with van der Waals surface area (Å²) in [5, 5.41) is 32.8. The topological polar surface area (TPSA) is 117 Å². The average molecular weight is 455 g/mol. The van der Waals surface area contributed by atoms with Crippen molar-refractivity contribution in [3.8, 4) is 34.0 Å². The molecule has 10 heteroatoms. The number of benzene rings is 2. The molecule has 3 aromatic rings. The number of phenolic OH excluding ortho intramolecular Hbond substituents is 2. The van der Waals surface area contributed by atoms with E-state index >= 15 is 0 Å². The minimum Gasteiger partial charge on any atom is -0.507 e. The van der Waals surface area contributed by atoms with Crippen LogP contribution in [0.3, 0.4) is 0 Å². The highest BCUT2D eigenvalue weighted by atomic mass is 16.5. The lowest BCUT2D eigenvalue weighted by atomic mass is 9.98. The Morgan fingerprint density at radius 3 is 2.55 bits per heavy atom. The maximum absolute atomic E-state index is 12.9. The number of amides is 1. The fourth-order valence-corrected chi connectivity index (χ4v) is 3.39. The zero-order chi connectivity index (χ0) is 24.0. The van der Waals surface area contributed by atoms with Gasteiger partial charge in [0.1, 0.15) is 11.5 Å². The summed E-state index contributed by atoms with van der Waals surface area (Å²) < 4.78 is 6.66. The van der Waals surface area contributed by atoms with Crippen molar-refractivity contribution >= 4 is 5.91 Å². The number of hydrogen-bond donors (Lipinski definition) is 2. The highest BCUT2D eigenvalue weighted by Crippen LogP contribution is 2.39. The van der Waals surface area contributed by atoms with Crippen molar-refractivity contribution in [3.05, 3.63) is 42.0 Å². The predicted octanol–water partition coefficient (Wildman–Crippen LogP) is 2.09. The van der Waals surface area contributed by atoms with E-state index in [1.54, 1.807) is 54.1 Å². The standard InChI is InChI=1S/C23H30N6O4/c1-27(2)10-11-28(3)23(32)17-8-5-7-16(13-17)18-14-19(21(31)15-20(18)30)22-24-25-26-29(22)9-6-12-33-4/h5,7-8,13-15,30-31H,6,9-12H2,1-4H3. The van der Waals surface area contributed by atoms with Crippen molar-refractivity contribution in [1.29, 1.82) is 0 Å². The number of phenols is 2. The first-order chi connectivity index (χ1) is 15.8. The molecule has 0 saturated heterocycles. The van der Waals surface area contributed by atoms with Crippen LogP contribution in [0.2, 0.25) is 0 Å². The monoisotopic (exact) mass is 454 g/mol. The van der Waals surface area contributed by atoms with Crippen molar-refractivity contribution in [2.24, 2.45) is 0 Å². The summed E-state index contributed by atoms with van der Waals surface area (Å²) in [4.78, 5) is 16.5. The largest absolute Gasteiger partial charge is 0.507 e. The number of aromatic hydroxyl groups is 2. The van der Waals surface area contributed by atoms with E-state index in [9.17, 15) is 15.0 Å². The zero-order valence-electron chi connectivity index (χ0n) is 19.4. The molecule has 1 amide bonds. The lowest BCUT2D eigenvalue weighted by Gasteiger charge is -2.20. The van der Waals surface area contributed by atoms with E-state index < -0.39 is 0 Å². The molecule has 0 unspecified atom stereocenters. The summed E-state index contributed by atoms with van der Waals surface area (Å²) >= 11 is 0. The van der Waals surface area contributed by atoms with Gasteiger partial charge in [-0.3, -0.25) is 4.79 Å². The van der Waals surface area contributed by atoms with Gasteiger partial charge in [-0.2, -0.15) is 0 Å². The molecule has 2 aromatic carbocycles. The molecule has 0 aliphatic carbocycles. The molecule has 0 aliphatic rings. The van der Waals surface area contributed by atoms with Gasteiger partial charge in [0.05, 0.1) is 5.56 Å². The minimum atomic E-state index is -0.144. The predicted molar refractivity (Wildman–Crippen MR) is 124 cm³/mol. The molecule has 0 saturated carbocycles. The Hall–Kier alpha value is -3.50. The maximum atomic E-state index is 12.9. The molecule has 33 heavy (non-hydrogen) atoms. The fourth-order valence-electron chi connectivity index (χ4n) is 3.39. The van der Waals surface area contributed by atoms with E-state index in [4.69, 9.17) is 4.74 Å². The summed E-state index contributed by atoms with van der Waals surface area (Å²) in [6.07, 6.45) is 0.700. The number of aromatic nitrogens is 4. The van der Waals surface area contributed by atoms with Gasteiger partial charge in [-0.15, -0.1) is 5.10 Å². The lowest BCUT2D eigenvalue weighted by molar-refractivity contribution is 0.0786. The highest BCUT2D eigenvalue weighted by molar-refractivity contribution is 5.95. The fraction of sp³-hybridized carbons (Fsp3) is 0.391. The summed E-state index contributed by atoms with van der Waals surface area (Å²) in [5.74, 6) is 0.00897. The van der Waals surface area contributed by atoms with Crippen LogP contribution in [0.5, 0.6) is 11.5 Å². The second-order valence-corrected chi connectivity index (χ2v) is 8.07. The Morgan fingerprint density at radius 1 is 1.06 bits per heavy atom. The molecule has 10 nitrogen and oxygen atoms in total. The van der Waals surface area contributed by atoms with Crippen LogP contribution in [0.4, 0.5) is 0 Å². The van der Waals surface area contributed by atoms with Gasteiger partial charge in [0.15, 0.2) is 5.82 Å². The van der Waals surface area contributed by atoms with E-state index in [0.717, 1.165) is 6.54 Å². The number of tetrazole rings is 1. The number of ether oxygens (including phenoxy) is 1. The SMILES string of the molecule is COCCCn1nnnc1-c1cc(-c2cccc(C(=O)N(C)CCN(C)C)c2)c(O)cc1O. The zero-order valence-corrected chi connectivity index (χ0v) is 19.4. The highest BCUT2D eigenvalue weighted by Gasteiger charge is 2.19. The van der Waals surface area contributed by atoms with E-state index in [2.05, 4.69) is 15.5 Å². The minimum absolute atomic E-state index is 0.111. The van der Waals surface area contributed by atoms with Crippen molar-refractivity contribution in [1.82, 2.24) is 30.0 Å². The molecule has 0 spiro atoms. The third-order valence-corrected chi connectivity index (χ3v) is 5.26. The summed E-state index contributed by atoms with van der Waals surface area (Å²) in [7, 11) is 7.30. The van der Waals surface area contributed by atoms with Crippen LogP contribution >= 0.6 is 0 Å². The quantitative estimate of drug-likeness (QED) is 0.447. The Balaban J connectivity index is 1.93. The van der Waals surface area contributed by atoms with Crippen LogP contribution in [-0.4, -0.2) is 94.1 Å². The number of nitrogens with zero attached hydrogens (tertiary/aromatic N) is 6. The van der Waals surface area contributed by atoms with Crippen molar-refractivity contribution in [2.75, 3.05) is 47.9 Å². The summed E-state index contributed by atoms with van der Waals surface area (Å²) in [6.45, 7) is 2.41. The molecule has 0 atom stereocenters. The van der Waals surface area contributed by atoms with Crippen LogP contribution in [-0.2, 0) is 11.3 Å². The third-order valence-electron chi connectivity index (χ3n) is 5.26. The molecule has 0 fully saturated rings. The van der Waals surface area contributed by atoms with Gasteiger partial charge in [-0.25, -0.2) is 4.68 Å². The molecule has 176 valence electrons. The van der Waals surface area contributed by atoms with Crippen LogP contribution in [0.15, 0.2) is 36.4 Å². The van der Waals surface area contributed by atoms with Gasteiger partial charge in [0.25, 0.3) is 5.91 Å². The second kappa shape index (κ2) is 10.9. The molecular formula is C23H30N6O4. The number of likely N-dealkylation sites (N-methyl/N-ethyl adjacent to an activating group) is 2. The molecule has 0 bridgehead atoms. The smallest absolute Gasteiger partial charge is 0.253 e. The van der Waals surface area contributed by atoms with Crippen LogP contribution in [0.1, 0.15) is 16.8 Å². The number of methoxy groups -OCH3 is 1. The van der Waals surface area contributed by atoms with Crippen LogP contribution < -0.4 is 0 Å². The number of aryl methyl sites for hydroxylation is 1. The van der Waals surface area contributed by atoms with Gasteiger partial charge in [0.2, 0.25) is 0 Å². The van der Waals surface area contributed by atoms with Gasteiger partial charge in [0, 0.05) is 57.6 Å². The number of carbonyl (C=O) groups excluding carboxylic acids is 1. The number of rotatable bonds is 10. The normalized spacial score (nSPS) is 11.2. The first-order valence-electron chi connectivity index (χ1n) is 10.6. The first kappa shape index (κ1) is 24.1. The van der Waals surface area contributed by atoms with Gasteiger partial charge in [-0.1, -0.05) is 12.1 Å². The maximum Gasteiger partial charge on any atom is 0.253 e. The molecule has 1 heterocycles. The van der Waals surface area contributed by atoms with Gasteiger partial charge in [-0.05, 0) is 54.7 Å². The van der Waals surface area contributed by atoms with Crippen molar-refractivity contribution < 1.29 is 19.7 Å². The molecular weight excluding hydrogens is 424 g/mol. The summed E-state index contributed by atoms with van der Waals surface area (Å²) in [6, 6.07) is 9.93. The van der Waals surface area contributed by atoms with Gasteiger partial charge >= 0.3 is 0 Å². The first-order valence-corrected chi connectivity index (χ1v) is 10.6. The Morgan fingerprint density at radius 2 is 1.82 bits per heavy atom. The third kappa shape index (κ3) is 5.85. The molecule has 0 radical (unpaired) electrons. The van der Waals surface area contributed by atoms with E-state index in [-0.39, 0.29) is 17.4 Å². The van der Waals surface area contributed by atoms with E-state index in [0.29, 0.717) is 54.2 Å². The Bertz CT molecular complexity index is 1100. The van der Waals surface area contributed by atoms with Crippen LogP contribution in [0.25, 0.3) is 22.5 Å². The Kier molecular flexibility index (Phi) is 7.96. The lowest BCUT2D eigenvalue weighted by Crippen LogP contribution is -2.33. The van der Waals surface area contributed by atoms with Crippen molar-refractivity contribution in [2.45, 2.75) is 13.0 Å². The molecule has 0 aliphatic heterocycles. The molecule has 3 rings (SSSR count).